The zero-order valence-electron chi connectivity index (χ0n) is 8.82. The van der Waals surface area contributed by atoms with Gasteiger partial charge in [-0.15, -0.1) is 0 Å². The highest BCUT2D eigenvalue weighted by molar-refractivity contribution is 9.10. The summed E-state index contributed by atoms with van der Waals surface area (Å²) in [6.07, 6.45) is 3.32. The molecule has 1 aliphatic carbocycles. The van der Waals surface area contributed by atoms with Gasteiger partial charge in [-0.3, -0.25) is 0 Å². The Hall–Kier alpha value is -0.350. The highest BCUT2D eigenvalue weighted by atomic mass is 79.9. The van der Waals surface area contributed by atoms with Crippen LogP contribution < -0.4 is 0 Å². The number of halogens is 1. The van der Waals surface area contributed by atoms with Crippen molar-refractivity contribution in [3.05, 3.63) is 28.2 Å². The van der Waals surface area contributed by atoms with Gasteiger partial charge in [0.25, 0.3) is 0 Å². The second-order valence-electron chi connectivity index (χ2n) is 4.71. The average Bonchev–Trinajstić information content (AvgIpc) is 3.01. The molecule has 0 bridgehead atoms. The fraction of sp³-hybridized carbons (Fsp3) is 0.500. The standard InChI is InChI=1S/C12H13BrO2S/c13-11-3-1-2-10-9(8-4-5-8)6-7-16(14,15)12(10)11/h1-3,8-9H,4-7H2. The molecule has 0 saturated heterocycles. The summed E-state index contributed by atoms with van der Waals surface area (Å²) in [6.45, 7) is 0. The molecule has 0 N–H and O–H groups in total. The van der Waals surface area contributed by atoms with Crippen molar-refractivity contribution in [2.24, 2.45) is 5.92 Å². The van der Waals surface area contributed by atoms with Crippen molar-refractivity contribution >= 4 is 25.8 Å². The second kappa shape index (κ2) is 3.57. The maximum atomic E-state index is 12.1. The highest BCUT2D eigenvalue weighted by Crippen LogP contribution is 2.49. The third-order valence-electron chi connectivity index (χ3n) is 3.60. The van der Waals surface area contributed by atoms with Crippen LogP contribution in [0.15, 0.2) is 27.6 Å². The number of sulfone groups is 1. The van der Waals surface area contributed by atoms with Crippen LogP contribution in [0.3, 0.4) is 0 Å². The molecule has 1 unspecified atom stereocenters. The molecule has 0 spiro atoms. The first-order valence-electron chi connectivity index (χ1n) is 5.61. The summed E-state index contributed by atoms with van der Waals surface area (Å²) in [6, 6.07) is 5.75. The van der Waals surface area contributed by atoms with E-state index < -0.39 is 9.84 Å². The predicted molar refractivity (Wildman–Crippen MR) is 66.3 cm³/mol. The van der Waals surface area contributed by atoms with Crippen molar-refractivity contribution in [1.29, 1.82) is 0 Å². The number of fused-ring (bicyclic) bond motifs is 1. The molecule has 1 aliphatic heterocycles. The van der Waals surface area contributed by atoms with E-state index >= 15 is 0 Å². The zero-order valence-corrected chi connectivity index (χ0v) is 11.2. The van der Waals surface area contributed by atoms with Crippen molar-refractivity contribution in [1.82, 2.24) is 0 Å². The fourth-order valence-electron chi connectivity index (χ4n) is 2.67. The van der Waals surface area contributed by atoms with E-state index in [9.17, 15) is 8.42 Å². The molecule has 0 amide bonds. The van der Waals surface area contributed by atoms with E-state index in [1.54, 1.807) is 0 Å². The van der Waals surface area contributed by atoms with Crippen molar-refractivity contribution in [3.63, 3.8) is 0 Å². The van der Waals surface area contributed by atoms with Crippen LogP contribution >= 0.6 is 15.9 Å². The molecule has 3 rings (SSSR count). The van der Waals surface area contributed by atoms with Gasteiger partial charge in [-0.05, 0) is 58.7 Å². The van der Waals surface area contributed by atoms with E-state index in [4.69, 9.17) is 0 Å². The molecule has 86 valence electrons. The molecular weight excluding hydrogens is 288 g/mol. The Balaban J connectivity index is 2.21. The van der Waals surface area contributed by atoms with Gasteiger partial charge < -0.3 is 0 Å². The van der Waals surface area contributed by atoms with E-state index in [1.165, 1.54) is 12.8 Å². The van der Waals surface area contributed by atoms with Gasteiger partial charge >= 0.3 is 0 Å². The fourth-order valence-corrected chi connectivity index (χ4v) is 5.51. The van der Waals surface area contributed by atoms with Gasteiger partial charge in [0, 0.05) is 4.47 Å². The maximum Gasteiger partial charge on any atom is 0.179 e. The molecule has 1 aromatic rings. The lowest BCUT2D eigenvalue weighted by molar-refractivity contribution is 0.533. The van der Waals surface area contributed by atoms with Crippen LogP contribution in [0.4, 0.5) is 0 Å². The summed E-state index contributed by atoms with van der Waals surface area (Å²) >= 11 is 3.38. The Bertz CT molecular complexity index is 532. The molecule has 4 heteroatoms. The highest BCUT2D eigenvalue weighted by Gasteiger charge is 2.39. The van der Waals surface area contributed by atoms with E-state index in [-0.39, 0.29) is 0 Å². The van der Waals surface area contributed by atoms with Crippen molar-refractivity contribution in [3.8, 4) is 0 Å². The molecule has 2 nitrogen and oxygen atoms in total. The Morgan fingerprint density at radius 2 is 1.94 bits per heavy atom. The Kier molecular flexibility index (Phi) is 2.41. The number of hydrogen-bond acceptors (Lipinski definition) is 2. The van der Waals surface area contributed by atoms with Gasteiger partial charge in [0.2, 0.25) is 0 Å². The first-order chi connectivity index (χ1) is 7.59. The van der Waals surface area contributed by atoms with Gasteiger partial charge in [-0.1, -0.05) is 12.1 Å². The van der Waals surface area contributed by atoms with Crippen LogP contribution in [0, 0.1) is 5.92 Å². The summed E-state index contributed by atoms with van der Waals surface area (Å²) in [5.41, 5.74) is 1.04. The van der Waals surface area contributed by atoms with Crippen LogP contribution in [0.25, 0.3) is 0 Å². The topological polar surface area (TPSA) is 34.1 Å². The lowest BCUT2D eigenvalue weighted by atomic mass is 9.91. The summed E-state index contributed by atoms with van der Waals surface area (Å²) in [7, 11) is -3.06. The summed E-state index contributed by atoms with van der Waals surface area (Å²) in [5.74, 6) is 1.50. The molecule has 1 saturated carbocycles. The third kappa shape index (κ3) is 1.63. The summed E-state index contributed by atoms with van der Waals surface area (Å²) < 4.78 is 24.8. The molecular formula is C12H13BrO2S. The van der Waals surface area contributed by atoms with Gasteiger partial charge in [-0.2, -0.15) is 0 Å². The van der Waals surface area contributed by atoms with E-state index in [0.29, 0.717) is 16.6 Å². The number of hydrogen-bond donors (Lipinski definition) is 0. The minimum Gasteiger partial charge on any atom is -0.224 e. The Morgan fingerprint density at radius 3 is 2.62 bits per heavy atom. The zero-order chi connectivity index (χ0) is 11.3. The molecule has 1 aromatic carbocycles. The molecule has 0 aromatic heterocycles. The third-order valence-corrected chi connectivity index (χ3v) is 6.37. The second-order valence-corrected chi connectivity index (χ2v) is 7.61. The van der Waals surface area contributed by atoms with Crippen LogP contribution in [-0.2, 0) is 9.84 Å². The lowest BCUT2D eigenvalue weighted by Crippen LogP contribution is -2.21. The minimum atomic E-state index is -3.06. The van der Waals surface area contributed by atoms with Crippen LogP contribution in [0.5, 0.6) is 0 Å². The average molecular weight is 301 g/mol. The van der Waals surface area contributed by atoms with Crippen molar-refractivity contribution < 1.29 is 8.42 Å². The SMILES string of the molecule is O=S1(=O)CCC(C2CC2)c2cccc(Br)c21. The molecule has 1 atom stereocenters. The van der Waals surface area contributed by atoms with Gasteiger partial charge in [0.1, 0.15) is 0 Å². The number of rotatable bonds is 1. The normalized spacial score (nSPS) is 27.4. The molecule has 1 fully saturated rings. The van der Waals surface area contributed by atoms with Crippen LogP contribution in [-0.4, -0.2) is 14.2 Å². The first-order valence-corrected chi connectivity index (χ1v) is 8.05. The van der Waals surface area contributed by atoms with E-state index in [0.717, 1.165) is 22.4 Å². The maximum absolute atomic E-state index is 12.1. The minimum absolute atomic E-state index is 0.309. The van der Waals surface area contributed by atoms with Crippen LogP contribution in [0.1, 0.15) is 30.7 Å². The predicted octanol–water partition coefficient (Wildman–Crippen LogP) is 3.12. The lowest BCUT2D eigenvalue weighted by Gasteiger charge is -2.26. The Labute approximate surface area is 104 Å². The van der Waals surface area contributed by atoms with Crippen molar-refractivity contribution in [2.75, 3.05) is 5.75 Å². The van der Waals surface area contributed by atoms with Crippen molar-refractivity contribution in [2.45, 2.75) is 30.1 Å². The monoisotopic (exact) mass is 300 g/mol. The Morgan fingerprint density at radius 1 is 1.19 bits per heavy atom. The summed E-state index contributed by atoms with van der Waals surface area (Å²) in [5, 5.41) is 0. The molecule has 0 radical (unpaired) electrons. The summed E-state index contributed by atoms with van der Waals surface area (Å²) in [4.78, 5) is 0.554. The molecule has 2 aliphatic rings. The smallest absolute Gasteiger partial charge is 0.179 e. The van der Waals surface area contributed by atoms with Gasteiger partial charge in [0.15, 0.2) is 9.84 Å². The molecule has 1 heterocycles. The largest absolute Gasteiger partial charge is 0.224 e. The van der Waals surface area contributed by atoms with Crippen LogP contribution in [0.2, 0.25) is 0 Å². The quantitative estimate of drug-likeness (QED) is 0.798. The molecule has 16 heavy (non-hydrogen) atoms. The van der Waals surface area contributed by atoms with Gasteiger partial charge in [-0.25, -0.2) is 8.42 Å². The van der Waals surface area contributed by atoms with Gasteiger partial charge in [0.05, 0.1) is 10.6 Å². The first kappa shape index (κ1) is 10.8. The van der Waals surface area contributed by atoms with E-state index in [1.807, 2.05) is 18.2 Å². The van der Waals surface area contributed by atoms with E-state index in [2.05, 4.69) is 15.9 Å². The number of benzene rings is 1.